The Morgan fingerprint density at radius 1 is 1.59 bits per heavy atom. The van der Waals surface area contributed by atoms with E-state index in [-0.39, 0.29) is 5.91 Å². The van der Waals surface area contributed by atoms with E-state index in [1.807, 2.05) is 6.26 Å². The summed E-state index contributed by atoms with van der Waals surface area (Å²) in [5, 5.41) is 12.2. The largest absolute Gasteiger partial charge is 0.383 e. The molecule has 0 saturated carbocycles. The summed E-state index contributed by atoms with van der Waals surface area (Å²) in [6.45, 7) is 0.466. The SMILES string of the molecule is CSCC[C@H](O)C(=O)NCCc1cnccn1. The molecule has 17 heavy (non-hydrogen) atoms. The van der Waals surface area contributed by atoms with E-state index in [2.05, 4.69) is 15.3 Å². The molecule has 5 nitrogen and oxygen atoms in total. The number of aromatic nitrogens is 2. The minimum Gasteiger partial charge on any atom is -0.383 e. The van der Waals surface area contributed by atoms with E-state index in [0.29, 0.717) is 19.4 Å². The summed E-state index contributed by atoms with van der Waals surface area (Å²) in [6.07, 6.45) is 7.02. The molecular weight excluding hydrogens is 238 g/mol. The Morgan fingerprint density at radius 3 is 3.06 bits per heavy atom. The van der Waals surface area contributed by atoms with E-state index in [4.69, 9.17) is 0 Å². The molecule has 6 heteroatoms. The van der Waals surface area contributed by atoms with Crippen molar-refractivity contribution in [3.8, 4) is 0 Å². The lowest BCUT2D eigenvalue weighted by molar-refractivity contribution is -0.129. The van der Waals surface area contributed by atoms with Gasteiger partial charge in [-0.15, -0.1) is 0 Å². The number of thioether (sulfide) groups is 1. The molecule has 2 N–H and O–H groups in total. The Bertz CT molecular complexity index is 335. The van der Waals surface area contributed by atoms with Gasteiger partial charge < -0.3 is 10.4 Å². The number of hydrogen-bond donors (Lipinski definition) is 2. The molecule has 94 valence electrons. The Hall–Kier alpha value is -1.14. The molecule has 1 atom stereocenters. The van der Waals surface area contributed by atoms with Crippen molar-refractivity contribution in [2.24, 2.45) is 0 Å². The summed E-state index contributed by atoms with van der Waals surface area (Å²) in [7, 11) is 0. The quantitative estimate of drug-likeness (QED) is 0.730. The maximum Gasteiger partial charge on any atom is 0.248 e. The molecule has 1 rings (SSSR count). The lowest BCUT2D eigenvalue weighted by atomic mass is 10.2. The maximum absolute atomic E-state index is 11.4. The fraction of sp³-hybridized carbons (Fsp3) is 0.545. The van der Waals surface area contributed by atoms with Crippen molar-refractivity contribution >= 4 is 17.7 Å². The number of aliphatic hydroxyl groups excluding tert-OH is 1. The Kier molecular flexibility index (Phi) is 6.57. The van der Waals surface area contributed by atoms with Gasteiger partial charge in [0, 0.05) is 31.6 Å². The number of rotatable bonds is 7. The van der Waals surface area contributed by atoms with Gasteiger partial charge in [0.2, 0.25) is 5.91 Å². The number of nitrogens with zero attached hydrogens (tertiary/aromatic N) is 2. The van der Waals surface area contributed by atoms with E-state index in [0.717, 1.165) is 11.4 Å². The second-order valence-electron chi connectivity index (χ2n) is 3.54. The van der Waals surface area contributed by atoms with Crippen LogP contribution in [0.1, 0.15) is 12.1 Å². The molecule has 0 bridgehead atoms. The summed E-state index contributed by atoms with van der Waals surface area (Å²) in [5.74, 6) is 0.460. The Labute approximate surface area is 105 Å². The molecule has 0 aliphatic heterocycles. The molecule has 1 aromatic rings. The van der Waals surface area contributed by atoms with Crippen LogP contribution in [-0.4, -0.2) is 45.6 Å². The molecule has 0 spiro atoms. The van der Waals surface area contributed by atoms with Crippen LogP contribution < -0.4 is 5.32 Å². The van der Waals surface area contributed by atoms with Gasteiger partial charge in [0.25, 0.3) is 0 Å². The summed E-state index contributed by atoms with van der Waals surface area (Å²) in [4.78, 5) is 19.5. The van der Waals surface area contributed by atoms with Crippen LogP contribution in [0.2, 0.25) is 0 Å². The fourth-order valence-corrected chi connectivity index (χ4v) is 1.71. The van der Waals surface area contributed by atoms with Crippen molar-refractivity contribution in [1.29, 1.82) is 0 Å². The Balaban J connectivity index is 2.20. The lowest BCUT2D eigenvalue weighted by Crippen LogP contribution is -2.36. The van der Waals surface area contributed by atoms with Crippen LogP contribution in [0.15, 0.2) is 18.6 Å². The van der Waals surface area contributed by atoms with Gasteiger partial charge in [-0.1, -0.05) is 0 Å². The molecule has 0 aromatic carbocycles. The zero-order chi connectivity index (χ0) is 12.5. The highest BCUT2D eigenvalue weighted by molar-refractivity contribution is 7.98. The number of hydrogen-bond acceptors (Lipinski definition) is 5. The number of amides is 1. The van der Waals surface area contributed by atoms with Crippen molar-refractivity contribution in [1.82, 2.24) is 15.3 Å². The van der Waals surface area contributed by atoms with Crippen molar-refractivity contribution in [2.75, 3.05) is 18.6 Å². The molecular formula is C11H17N3O2S. The maximum atomic E-state index is 11.4. The molecule has 0 saturated heterocycles. The molecule has 0 fully saturated rings. The van der Waals surface area contributed by atoms with E-state index < -0.39 is 6.10 Å². The van der Waals surface area contributed by atoms with Gasteiger partial charge in [0.1, 0.15) is 6.10 Å². The van der Waals surface area contributed by atoms with Crippen molar-refractivity contribution in [3.05, 3.63) is 24.3 Å². The van der Waals surface area contributed by atoms with Crippen LogP contribution >= 0.6 is 11.8 Å². The van der Waals surface area contributed by atoms with Gasteiger partial charge >= 0.3 is 0 Å². The second-order valence-corrected chi connectivity index (χ2v) is 4.52. The number of carbonyl (C=O) groups excluding carboxylic acids is 1. The second kappa shape index (κ2) is 8.03. The van der Waals surface area contributed by atoms with Gasteiger partial charge in [0.15, 0.2) is 0 Å². The zero-order valence-corrected chi connectivity index (χ0v) is 10.6. The molecule has 0 unspecified atom stereocenters. The van der Waals surface area contributed by atoms with Crippen LogP contribution in [0.4, 0.5) is 0 Å². The highest BCUT2D eigenvalue weighted by Crippen LogP contribution is 2.00. The molecule has 1 amide bonds. The van der Waals surface area contributed by atoms with Crippen molar-refractivity contribution in [2.45, 2.75) is 18.9 Å². The number of carbonyl (C=O) groups is 1. The molecule has 0 aliphatic rings. The van der Waals surface area contributed by atoms with Crippen molar-refractivity contribution in [3.63, 3.8) is 0 Å². The van der Waals surface area contributed by atoms with E-state index in [1.54, 1.807) is 30.4 Å². The van der Waals surface area contributed by atoms with Crippen LogP contribution in [0, 0.1) is 0 Å². The summed E-state index contributed by atoms with van der Waals surface area (Å²) < 4.78 is 0. The Morgan fingerprint density at radius 2 is 2.41 bits per heavy atom. The minimum absolute atomic E-state index is 0.317. The predicted octanol–water partition coefficient (Wildman–Crippen LogP) is 0.249. The standard InChI is InChI=1S/C11H17N3O2S/c1-17-7-3-10(15)11(16)14-4-2-9-8-12-5-6-13-9/h5-6,8,10,15H,2-4,7H2,1H3,(H,14,16)/t10-/m0/s1. The highest BCUT2D eigenvalue weighted by Gasteiger charge is 2.13. The number of aliphatic hydroxyl groups is 1. The van der Waals surface area contributed by atoms with Crippen LogP contribution in [-0.2, 0) is 11.2 Å². The third kappa shape index (κ3) is 5.65. The van der Waals surface area contributed by atoms with Gasteiger partial charge in [-0.2, -0.15) is 11.8 Å². The first kappa shape index (κ1) is 13.9. The molecule has 1 heterocycles. The summed E-state index contributed by atoms with van der Waals surface area (Å²) in [5.41, 5.74) is 0.825. The van der Waals surface area contributed by atoms with E-state index >= 15 is 0 Å². The predicted molar refractivity (Wildman–Crippen MR) is 67.8 cm³/mol. The summed E-state index contributed by atoms with van der Waals surface area (Å²) in [6, 6.07) is 0. The van der Waals surface area contributed by atoms with Crippen LogP contribution in [0.25, 0.3) is 0 Å². The first-order valence-corrected chi connectivity index (χ1v) is 6.83. The highest BCUT2D eigenvalue weighted by atomic mass is 32.2. The fourth-order valence-electron chi connectivity index (χ4n) is 1.25. The van der Waals surface area contributed by atoms with Gasteiger partial charge in [-0.3, -0.25) is 14.8 Å². The minimum atomic E-state index is -0.913. The molecule has 0 radical (unpaired) electrons. The van der Waals surface area contributed by atoms with E-state index in [9.17, 15) is 9.90 Å². The summed E-state index contributed by atoms with van der Waals surface area (Å²) >= 11 is 1.61. The van der Waals surface area contributed by atoms with Gasteiger partial charge in [-0.05, 0) is 18.4 Å². The van der Waals surface area contributed by atoms with Crippen molar-refractivity contribution < 1.29 is 9.90 Å². The smallest absolute Gasteiger partial charge is 0.248 e. The van der Waals surface area contributed by atoms with Crippen LogP contribution in [0.3, 0.4) is 0 Å². The average molecular weight is 255 g/mol. The topological polar surface area (TPSA) is 75.1 Å². The zero-order valence-electron chi connectivity index (χ0n) is 9.80. The first-order valence-electron chi connectivity index (χ1n) is 5.43. The van der Waals surface area contributed by atoms with Crippen LogP contribution in [0.5, 0.6) is 0 Å². The van der Waals surface area contributed by atoms with E-state index in [1.165, 1.54) is 0 Å². The molecule has 1 aromatic heterocycles. The molecule has 0 aliphatic carbocycles. The van der Waals surface area contributed by atoms with Gasteiger partial charge in [0.05, 0.1) is 5.69 Å². The third-order valence-corrected chi connectivity index (χ3v) is 2.84. The average Bonchev–Trinajstić information content (AvgIpc) is 2.37. The third-order valence-electron chi connectivity index (χ3n) is 2.20. The lowest BCUT2D eigenvalue weighted by Gasteiger charge is -2.10. The normalized spacial score (nSPS) is 12.1. The monoisotopic (exact) mass is 255 g/mol. The first-order chi connectivity index (χ1) is 8.24. The number of nitrogens with one attached hydrogen (secondary N) is 1. The van der Waals surface area contributed by atoms with Gasteiger partial charge in [-0.25, -0.2) is 0 Å².